The zero-order valence-corrected chi connectivity index (χ0v) is 12.2. The van der Waals surface area contributed by atoms with Crippen molar-refractivity contribution < 1.29 is 9.47 Å². The summed E-state index contributed by atoms with van der Waals surface area (Å²) in [7, 11) is 3.34. The summed E-state index contributed by atoms with van der Waals surface area (Å²) in [5.41, 5.74) is 3.58. The summed E-state index contributed by atoms with van der Waals surface area (Å²) in [5, 5.41) is 7.24. The van der Waals surface area contributed by atoms with Crippen LogP contribution in [-0.4, -0.2) is 32.1 Å². The predicted octanol–water partition coefficient (Wildman–Crippen LogP) is 1.91. The van der Waals surface area contributed by atoms with E-state index in [1.807, 2.05) is 18.2 Å². The van der Waals surface area contributed by atoms with Crippen LogP contribution >= 0.6 is 12.2 Å². The van der Waals surface area contributed by atoms with Crippen LogP contribution in [0.1, 0.15) is 18.9 Å². The van der Waals surface area contributed by atoms with Gasteiger partial charge in [-0.1, -0.05) is 6.92 Å². The molecule has 0 heterocycles. The van der Waals surface area contributed by atoms with Crippen molar-refractivity contribution in [3.05, 3.63) is 23.8 Å². The maximum absolute atomic E-state index is 5.58. The molecule has 19 heavy (non-hydrogen) atoms. The van der Waals surface area contributed by atoms with Gasteiger partial charge in [0.05, 0.1) is 19.9 Å². The molecule has 0 aliphatic carbocycles. The Morgan fingerprint density at radius 2 is 2.21 bits per heavy atom. The van der Waals surface area contributed by atoms with E-state index in [2.05, 4.69) is 22.8 Å². The fourth-order valence-corrected chi connectivity index (χ4v) is 1.37. The average Bonchev–Trinajstić information content (AvgIpc) is 2.45. The first-order valence-corrected chi connectivity index (χ1v) is 6.43. The summed E-state index contributed by atoms with van der Waals surface area (Å²) in [6.07, 6.45) is 2.62. The average molecular weight is 281 g/mol. The number of nitrogens with zero attached hydrogens (tertiary/aromatic N) is 1. The molecule has 0 unspecified atom stereocenters. The molecule has 5 nitrogen and oxygen atoms in total. The van der Waals surface area contributed by atoms with Crippen LogP contribution in [-0.2, 0) is 0 Å². The SMILES string of the molecule is CCCOc1ccc(C=NNC(=S)NC)cc1OC. The Morgan fingerprint density at radius 3 is 2.84 bits per heavy atom. The highest BCUT2D eigenvalue weighted by atomic mass is 32.1. The van der Waals surface area contributed by atoms with Gasteiger partial charge in [0.25, 0.3) is 0 Å². The van der Waals surface area contributed by atoms with Crippen molar-refractivity contribution in [2.24, 2.45) is 5.10 Å². The normalized spacial score (nSPS) is 10.3. The van der Waals surface area contributed by atoms with Crippen LogP contribution < -0.4 is 20.2 Å². The molecule has 104 valence electrons. The number of thiocarbonyl (C=S) groups is 1. The van der Waals surface area contributed by atoms with Crippen LogP contribution in [0.5, 0.6) is 11.5 Å². The second-order valence-electron chi connectivity index (χ2n) is 3.71. The Labute approximate surface area is 119 Å². The second kappa shape index (κ2) is 8.31. The minimum atomic E-state index is 0.464. The standard InChI is InChI=1S/C13H19N3O2S/c1-4-7-18-11-6-5-10(8-12(11)17-3)9-15-16-13(19)14-2/h5-6,8-9H,4,7H2,1-3H3,(H2,14,16,19). The molecule has 0 atom stereocenters. The molecular weight excluding hydrogens is 262 g/mol. The lowest BCUT2D eigenvalue weighted by molar-refractivity contribution is 0.294. The number of ether oxygens (including phenoxy) is 2. The first kappa shape index (κ1) is 15.2. The van der Waals surface area contributed by atoms with Gasteiger partial charge < -0.3 is 14.8 Å². The molecule has 1 aromatic carbocycles. The van der Waals surface area contributed by atoms with Crippen LogP contribution in [0.4, 0.5) is 0 Å². The lowest BCUT2D eigenvalue weighted by atomic mass is 10.2. The van der Waals surface area contributed by atoms with E-state index in [-0.39, 0.29) is 0 Å². The predicted molar refractivity (Wildman–Crippen MR) is 81.2 cm³/mol. The number of methoxy groups -OCH3 is 1. The maximum atomic E-state index is 5.58. The third-order valence-corrected chi connectivity index (χ3v) is 2.55. The van der Waals surface area contributed by atoms with E-state index in [0.717, 1.165) is 17.7 Å². The minimum absolute atomic E-state index is 0.464. The van der Waals surface area contributed by atoms with Crippen molar-refractivity contribution in [3.63, 3.8) is 0 Å². The Balaban J connectivity index is 2.73. The lowest BCUT2D eigenvalue weighted by Crippen LogP contribution is -2.28. The van der Waals surface area contributed by atoms with Gasteiger partial charge in [-0.25, -0.2) is 0 Å². The number of hydrogen-bond acceptors (Lipinski definition) is 4. The van der Waals surface area contributed by atoms with Crippen LogP contribution in [0.25, 0.3) is 0 Å². The molecule has 0 amide bonds. The quantitative estimate of drug-likeness (QED) is 0.474. The summed E-state index contributed by atoms with van der Waals surface area (Å²) >= 11 is 4.91. The van der Waals surface area contributed by atoms with E-state index in [0.29, 0.717) is 17.5 Å². The van der Waals surface area contributed by atoms with Crippen LogP contribution in [0, 0.1) is 0 Å². The molecule has 0 bridgehead atoms. The Bertz CT molecular complexity index is 450. The molecule has 2 N–H and O–H groups in total. The van der Waals surface area contributed by atoms with Gasteiger partial charge in [0.15, 0.2) is 16.6 Å². The highest BCUT2D eigenvalue weighted by molar-refractivity contribution is 7.80. The molecule has 0 radical (unpaired) electrons. The molecule has 0 aromatic heterocycles. The number of benzene rings is 1. The molecular formula is C13H19N3O2S. The molecule has 1 aromatic rings. The topological polar surface area (TPSA) is 54.9 Å². The van der Waals surface area contributed by atoms with Gasteiger partial charge in [0.2, 0.25) is 0 Å². The molecule has 0 saturated heterocycles. The fourth-order valence-electron chi connectivity index (χ4n) is 1.32. The van der Waals surface area contributed by atoms with E-state index < -0.39 is 0 Å². The van der Waals surface area contributed by atoms with Crippen molar-refractivity contribution in [3.8, 4) is 11.5 Å². The minimum Gasteiger partial charge on any atom is -0.493 e. The lowest BCUT2D eigenvalue weighted by Gasteiger charge is -2.10. The second-order valence-corrected chi connectivity index (χ2v) is 4.12. The summed E-state index contributed by atoms with van der Waals surface area (Å²) in [6, 6.07) is 5.63. The van der Waals surface area contributed by atoms with E-state index in [4.69, 9.17) is 21.7 Å². The Kier molecular flexibility index (Phi) is 6.67. The van der Waals surface area contributed by atoms with Crippen molar-refractivity contribution in [1.82, 2.24) is 10.7 Å². The van der Waals surface area contributed by atoms with E-state index in [1.165, 1.54) is 0 Å². The van der Waals surface area contributed by atoms with Crippen molar-refractivity contribution >= 4 is 23.5 Å². The largest absolute Gasteiger partial charge is 0.493 e. The maximum Gasteiger partial charge on any atom is 0.186 e. The van der Waals surface area contributed by atoms with E-state index in [1.54, 1.807) is 20.4 Å². The summed E-state index contributed by atoms with van der Waals surface area (Å²) < 4.78 is 10.9. The smallest absolute Gasteiger partial charge is 0.186 e. The Hall–Kier alpha value is -1.82. The van der Waals surface area contributed by atoms with Gasteiger partial charge >= 0.3 is 0 Å². The van der Waals surface area contributed by atoms with Gasteiger partial charge in [0.1, 0.15) is 0 Å². The first-order valence-electron chi connectivity index (χ1n) is 6.02. The Morgan fingerprint density at radius 1 is 1.42 bits per heavy atom. The van der Waals surface area contributed by atoms with E-state index in [9.17, 15) is 0 Å². The van der Waals surface area contributed by atoms with Crippen molar-refractivity contribution in [2.75, 3.05) is 20.8 Å². The van der Waals surface area contributed by atoms with Gasteiger partial charge in [-0.3, -0.25) is 5.43 Å². The molecule has 1 rings (SSSR count). The molecule has 0 fully saturated rings. The van der Waals surface area contributed by atoms with Gasteiger partial charge in [-0.15, -0.1) is 0 Å². The molecule has 6 heteroatoms. The zero-order chi connectivity index (χ0) is 14.1. The number of nitrogens with one attached hydrogen (secondary N) is 2. The third-order valence-electron chi connectivity index (χ3n) is 2.26. The van der Waals surface area contributed by atoms with E-state index >= 15 is 0 Å². The highest BCUT2D eigenvalue weighted by Crippen LogP contribution is 2.27. The highest BCUT2D eigenvalue weighted by Gasteiger charge is 2.04. The molecule has 0 aliphatic heterocycles. The van der Waals surface area contributed by atoms with Gasteiger partial charge in [-0.2, -0.15) is 5.10 Å². The van der Waals surface area contributed by atoms with Crippen LogP contribution in [0.3, 0.4) is 0 Å². The molecule has 0 saturated carbocycles. The monoisotopic (exact) mass is 281 g/mol. The van der Waals surface area contributed by atoms with Crippen LogP contribution in [0.15, 0.2) is 23.3 Å². The summed E-state index contributed by atoms with van der Waals surface area (Å²) in [6.45, 7) is 2.73. The first-order chi connectivity index (χ1) is 9.21. The number of hydrazone groups is 1. The number of hydrogen-bond donors (Lipinski definition) is 2. The zero-order valence-electron chi connectivity index (χ0n) is 11.4. The fraction of sp³-hybridized carbons (Fsp3) is 0.385. The van der Waals surface area contributed by atoms with Crippen molar-refractivity contribution in [1.29, 1.82) is 0 Å². The van der Waals surface area contributed by atoms with Gasteiger partial charge in [-0.05, 0) is 42.4 Å². The molecule has 0 spiro atoms. The third kappa shape index (κ3) is 5.13. The van der Waals surface area contributed by atoms with Crippen molar-refractivity contribution in [2.45, 2.75) is 13.3 Å². The molecule has 0 aliphatic rings. The number of rotatable bonds is 6. The summed E-state index contributed by atoms with van der Waals surface area (Å²) in [4.78, 5) is 0. The van der Waals surface area contributed by atoms with Gasteiger partial charge in [0, 0.05) is 7.05 Å². The van der Waals surface area contributed by atoms with Crippen LogP contribution in [0.2, 0.25) is 0 Å². The summed E-state index contributed by atoms with van der Waals surface area (Å²) in [5.74, 6) is 1.42.